The van der Waals surface area contributed by atoms with E-state index in [0.29, 0.717) is 10.6 Å². The van der Waals surface area contributed by atoms with Crippen LogP contribution in [0.3, 0.4) is 0 Å². The molecule has 196 valence electrons. The molecule has 3 aliphatic rings. The quantitative estimate of drug-likeness (QED) is 0.559. The van der Waals surface area contributed by atoms with E-state index in [-0.39, 0.29) is 30.4 Å². The molecule has 0 unspecified atom stereocenters. The second-order valence-electron chi connectivity index (χ2n) is 10.6. The van der Waals surface area contributed by atoms with Crippen molar-refractivity contribution in [3.8, 4) is 11.1 Å². The lowest BCUT2D eigenvalue weighted by molar-refractivity contribution is -0.131. The van der Waals surface area contributed by atoms with Crippen LogP contribution in [0.5, 0.6) is 0 Å². The van der Waals surface area contributed by atoms with Crippen LogP contribution in [-0.4, -0.2) is 55.1 Å². The Balaban J connectivity index is 1.78. The van der Waals surface area contributed by atoms with Gasteiger partial charge in [0.25, 0.3) is 0 Å². The van der Waals surface area contributed by atoms with Gasteiger partial charge in [0.1, 0.15) is 22.9 Å². The van der Waals surface area contributed by atoms with E-state index in [1.54, 1.807) is 39.0 Å². The summed E-state index contributed by atoms with van der Waals surface area (Å²) in [6, 6.07) is 5.15. The number of halogens is 4. The van der Waals surface area contributed by atoms with Crippen LogP contribution < -0.4 is 4.72 Å². The van der Waals surface area contributed by atoms with Crippen molar-refractivity contribution in [3.63, 3.8) is 0 Å². The third kappa shape index (κ3) is 5.50. The molecule has 2 aliphatic heterocycles. The summed E-state index contributed by atoms with van der Waals surface area (Å²) in [5, 5.41) is 0.331. The number of piperidine rings is 2. The maximum atomic E-state index is 15.7. The van der Waals surface area contributed by atoms with Crippen LogP contribution in [0.4, 0.5) is 18.0 Å². The van der Waals surface area contributed by atoms with Crippen molar-refractivity contribution in [1.29, 1.82) is 0 Å². The summed E-state index contributed by atoms with van der Waals surface area (Å²) in [6.45, 7) is 5.00. The van der Waals surface area contributed by atoms with Crippen LogP contribution >= 0.6 is 11.6 Å². The first-order valence-corrected chi connectivity index (χ1v) is 13.7. The van der Waals surface area contributed by atoms with Crippen molar-refractivity contribution in [2.45, 2.75) is 69.4 Å². The Kier molecular flexibility index (Phi) is 6.85. The smallest absolute Gasteiger partial charge is 0.410 e. The molecule has 36 heavy (non-hydrogen) atoms. The van der Waals surface area contributed by atoms with Gasteiger partial charge >= 0.3 is 6.09 Å². The van der Waals surface area contributed by atoms with Crippen molar-refractivity contribution < 1.29 is 31.1 Å². The molecule has 0 aromatic heterocycles. The molecular formula is C25H28ClF3N2O4S. The Labute approximate surface area is 213 Å². The summed E-state index contributed by atoms with van der Waals surface area (Å²) in [5.74, 6) is -1.51. The average Bonchev–Trinajstić information content (AvgIpc) is 2.69. The van der Waals surface area contributed by atoms with E-state index < -0.39 is 57.1 Å². The Bertz CT molecular complexity index is 1290. The predicted octanol–water partition coefficient (Wildman–Crippen LogP) is 5.24. The Hall–Kier alpha value is -2.30. The van der Waals surface area contributed by atoms with Gasteiger partial charge in [-0.25, -0.2) is 31.1 Å². The summed E-state index contributed by atoms with van der Waals surface area (Å²) in [6.07, 6.45) is -0.404. The van der Waals surface area contributed by atoms with Crippen LogP contribution in [0.2, 0.25) is 5.02 Å². The van der Waals surface area contributed by atoms with Crippen LogP contribution in [0, 0.1) is 11.6 Å². The molecule has 5 rings (SSSR count). The second kappa shape index (κ2) is 9.22. The van der Waals surface area contributed by atoms with Crippen LogP contribution in [0.15, 0.2) is 36.4 Å². The van der Waals surface area contributed by atoms with E-state index in [2.05, 4.69) is 4.72 Å². The van der Waals surface area contributed by atoms with Gasteiger partial charge < -0.3 is 4.74 Å². The Morgan fingerprint density at radius 3 is 2.47 bits per heavy atom. The number of benzene rings is 2. The molecule has 2 atom stereocenters. The van der Waals surface area contributed by atoms with Gasteiger partial charge in [0.15, 0.2) is 0 Å². The zero-order valence-electron chi connectivity index (χ0n) is 20.3. The lowest BCUT2D eigenvalue weighted by atomic mass is 9.64. The highest BCUT2D eigenvalue weighted by atomic mass is 35.5. The summed E-state index contributed by atoms with van der Waals surface area (Å²) in [5.41, 5.74) is -2.66. The molecule has 1 aliphatic carbocycles. The van der Waals surface area contributed by atoms with Crippen LogP contribution in [-0.2, 0) is 21.2 Å². The monoisotopic (exact) mass is 544 g/mol. The fourth-order valence-corrected chi connectivity index (χ4v) is 6.09. The summed E-state index contributed by atoms with van der Waals surface area (Å²) < 4.78 is 78.2. The molecule has 1 N–H and O–H groups in total. The molecule has 11 heteroatoms. The average molecular weight is 545 g/mol. The van der Waals surface area contributed by atoms with Gasteiger partial charge in [0.05, 0.1) is 18.3 Å². The highest BCUT2D eigenvalue weighted by Crippen LogP contribution is 2.50. The molecule has 2 aromatic rings. The fraction of sp³-hybridized carbons (Fsp3) is 0.480. The molecule has 2 bridgehead atoms. The minimum absolute atomic E-state index is 0.0557. The van der Waals surface area contributed by atoms with E-state index in [1.807, 2.05) is 0 Å². The van der Waals surface area contributed by atoms with Crippen LogP contribution in [0.25, 0.3) is 11.1 Å². The number of hydrogen-bond donors (Lipinski definition) is 1. The molecule has 6 nitrogen and oxygen atoms in total. The number of ether oxygens (including phenoxy) is 1. The molecule has 1 saturated carbocycles. The van der Waals surface area contributed by atoms with E-state index in [1.165, 1.54) is 11.0 Å². The molecule has 2 saturated heterocycles. The van der Waals surface area contributed by atoms with Gasteiger partial charge in [-0.15, -0.1) is 0 Å². The normalized spacial score (nSPS) is 25.9. The summed E-state index contributed by atoms with van der Waals surface area (Å²) in [7, 11) is -3.91. The van der Waals surface area contributed by atoms with Crippen molar-refractivity contribution in [2.24, 2.45) is 0 Å². The van der Waals surface area contributed by atoms with Gasteiger partial charge in [-0.2, -0.15) is 0 Å². The Morgan fingerprint density at radius 2 is 1.89 bits per heavy atom. The SMILES string of the molecule is CC(C)(C)OC(=O)N1C2CC(F)(C2)[C@H](NS(C)(=O)=O)[C@@H]1Cc1cc(F)cc(-c2cccc(Cl)c2)c1F. The van der Waals surface area contributed by atoms with Gasteiger partial charge in [-0.05, 0) is 62.6 Å². The minimum atomic E-state index is -3.91. The van der Waals surface area contributed by atoms with Gasteiger partial charge in [0.2, 0.25) is 10.0 Å². The number of rotatable bonds is 5. The zero-order valence-corrected chi connectivity index (χ0v) is 21.9. The highest BCUT2D eigenvalue weighted by molar-refractivity contribution is 7.88. The number of sulfonamides is 1. The zero-order chi connectivity index (χ0) is 26.6. The van der Waals surface area contributed by atoms with Gasteiger partial charge in [-0.3, -0.25) is 4.90 Å². The van der Waals surface area contributed by atoms with E-state index >= 15 is 8.78 Å². The standard InChI is InChI=1S/C25H28ClF3N2O4S/c1-24(2,3)35-23(32)31-18-12-25(29,13-18)22(30-36(4,33)34)20(31)10-15-9-17(27)11-19(21(15)28)14-6-5-7-16(26)8-14/h5-9,11,18,20,22,30H,10,12-13H2,1-4H3/t18?,20-,22+,25?/m0/s1. The maximum absolute atomic E-state index is 15.7. The van der Waals surface area contributed by atoms with Gasteiger partial charge in [0, 0.05) is 29.5 Å². The third-order valence-corrected chi connectivity index (χ3v) is 7.38. The molecule has 2 heterocycles. The molecule has 1 amide bonds. The summed E-state index contributed by atoms with van der Waals surface area (Å²) >= 11 is 6.02. The molecular weight excluding hydrogens is 517 g/mol. The number of nitrogens with zero attached hydrogens (tertiary/aromatic N) is 1. The number of fused-ring (bicyclic) bond motifs is 2. The fourth-order valence-electron chi connectivity index (χ4n) is 5.07. The van der Waals surface area contributed by atoms with Crippen LogP contribution in [0.1, 0.15) is 39.2 Å². The third-order valence-electron chi connectivity index (χ3n) is 6.47. The van der Waals surface area contributed by atoms with E-state index in [0.717, 1.165) is 18.4 Å². The summed E-state index contributed by atoms with van der Waals surface area (Å²) in [4.78, 5) is 14.4. The maximum Gasteiger partial charge on any atom is 0.410 e. The molecule has 3 fully saturated rings. The highest BCUT2D eigenvalue weighted by Gasteiger charge is 2.64. The van der Waals surface area contributed by atoms with Crippen molar-refractivity contribution >= 4 is 27.7 Å². The van der Waals surface area contributed by atoms with E-state index in [9.17, 15) is 17.6 Å². The first-order chi connectivity index (χ1) is 16.6. The predicted molar refractivity (Wildman–Crippen MR) is 131 cm³/mol. The first-order valence-electron chi connectivity index (χ1n) is 11.5. The van der Waals surface area contributed by atoms with Crippen molar-refractivity contribution in [2.75, 3.05) is 6.26 Å². The minimum Gasteiger partial charge on any atom is -0.444 e. The number of alkyl halides is 1. The lowest BCUT2D eigenvalue weighted by Crippen LogP contribution is -2.77. The number of amides is 1. The molecule has 0 spiro atoms. The Morgan fingerprint density at radius 1 is 1.22 bits per heavy atom. The van der Waals surface area contributed by atoms with Crippen molar-refractivity contribution in [1.82, 2.24) is 9.62 Å². The van der Waals surface area contributed by atoms with Gasteiger partial charge in [-0.1, -0.05) is 23.7 Å². The number of nitrogens with one attached hydrogen (secondary N) is 1. The lowest BCUT2D eigenvalue weighted by Gasteiger charge is -2.60. The number of carbonyl (C=O) groups is 1. The molecule has 2 aromatic carbocycles. The number of hydrogen-bond acceptors (Lipinski definition) is 4. The first kappa shape index (κ1) is 26.8. The number of carbonyl (C=O) groups excluding carboxylic acids is 1. The second-order valence-corrected chi connectivity index (χ2v) is 12.8. The van der Waals surface area contributed by atoms with Crippen molar-refractivity contribution in [3.05, 3.63) is 58.6 Å². The largest absolute Gasteiger partial charge is 0.444 e. The topological polar surface area (TPSA) is 75.7 Å². The van der Waals surface area contributed by atoms with E-state index in [4.69, 9.17) is 16.3 Å². The molecule has 0 radical (unpaired) electrons.